The van der Waals surface area contributed by atoms with E-state index in [4.69, 9.17) is 0 Å². The zero-order valence-electron chi connectivity index (χ0n) is 10.3. The van der Waals surface area contributed by atoms with Gasteiger partial charge in [0.2, 0.25) is 0 Å². The second-order valence-corrected chi connectivity index (χ2v) is 4.06. The minimum atomic E-state index is -3.13. The van der Waals surface area contributed by atoms with Gasteiger partial charge in [0.15, 0.2) is 0 Å². The smallest absolute Gasteiger partial charge is 0.303 e. The molecule has 0 aliphatic rings. The fourth-order valence-corrected chi connectivity index (χ4v) is 1.71. The molecule has 0 atom stereocenters. The lowest BCUT2D eigenvalue weighted by Crippen LogP contribution is -2.35. The quantitative estimate of drug-likeness (QED) is 0.862. The molecule has 0 spiro atoms. The molecule has 0 unspecified atom stereocenters. The number of pyridine rings is 1. The van der Waals surface area contributed by atoms with Crippen molar-refractivity contribution in [1.29, 1.82) is 0 Å². The number of amides is 1. The summed E-state index contributed by atoms with van der Waals surface area (Å²) in [6.07, 6.45) is -0.104. The van der Waals surface area contributed by atoms with Crippen molar-refractivity contribution < 1.29 is 18.0 Å². The molecule has 6 heteroatoms. The lowest BCUT2D eigenvalue weighted by Gasteiger charge is -2.22. The standard InChI is InChI=1S/C14H11F3N2O/c15-11-3-5-12(6-4-11)19(14(20)13(16)17)9-10-2-1-7-18-8-10/h1-8,13H,9H2. The Hall–Kier alpha value is -2.37. The number of nitrogens with zero attached hydrogens (tertiary/aromatic N) is 2. The van der Waals surface area contributed by atoms with Crippen LogP contribution in [0.1, 0.15) is 5.56 Å². The van der Waals surface area contributed by atoms with Gasteiger partial charge < -0.3 is 4.90 Å². The van der Waals surface area contributed by atoms with Crippen molar-refractivity contribution in [3.63, 3.8) is 0 Å². The van der Waals surface area contributed by atoms with Crippen LogP contribution in [0.3, 0.4) is 0 Å². The van der Waals surface area contributed by atoms with Crippen LogP contribution in [0.15, 0.2) is 48.8 Å². The third-order valence-electron chi connectivity index (χ3n) is 2.65. The van der Waals surface area contributed by atoms with Gasteiger partial charge in [-0.15, -0.1) is 0 Å². The van der Waals surface area contributed by atoms with E-state index in [1.807, 2.05) is 0 Å². The van der Waals surface area contributed by atoms with E-state index in [1.165, 1.54) is 18.3 Å². The van der Waals surface area contributed by atoms with E-state index in [9.17, 15) is 18.0 Å². The fourth-order valence-electron chi connectivity index (χ4n) is 1.71. The highest BCUT2D eigenvalue weighted by molar-refractivity contribution is 5.95. The van der Waals surface area contributed by atoms with E-state index in [1.54, 1.807) is 18.3 Å². The fraction of sp³-hybridized carbons (Fsp3) is 0.143. The molecular formula is C14H11F3N2O. The van der Waals surface area contributed by atoms with Gasteiger partial charge in [-0.3, -0.25) is 9.78 Å². The largest absolute Gasteiger partial charge is 0.316 e. The summed E-state index contributed by atoms with van der Waals surface area (Å²) in [6, 6.07) is 8.11. The predicted octanol–water partition coefficient (Wildman–Crippen LogP) is 3.02. The molecule has 3 nitrogen and oxygen atoms in total. The Bertz CT molecular complexity index is 573. The maximum atomic E-state index is 12.9. The van der Waals surface area contributed by atoms with Crippen molar-refractivity contribution in [3.8, 4) is 0 Å². The molecule has 1 heterocycles. The highest BCUT2D eigenvalue weighted by Crippen LogP contribution is 2.19. The van der Waals surface area contributed by atoms with Crippen molar-refractivity contribution in [2.45, 2.75) is 13.0 Å². The van der Waals surface area contributed by atoms with Crippen LogP contribution in [0.2, 0.25) is 0 Å². The van der Waals surface area contributed by atoms with Crippen LogP contribution in [-0.2, 0) is 11.3 Å². The first-order chi connectivity index (χ1) is 9.58. The van der Waals surface area contributed by atoms with Gasteiger partial charge in [-0.05, 0) is 35.9 Å². The summed E-state index contributed by atoms with van der Waals surface area (Å²) in [7, 11) is 0. The van der Waals surface area contributed by atoms with Crippen molar-refractivity contribution >= 4 is 11.6 Å². The first-order valence-corrected chi connectivity index (χ1v) is 5.82. The second-order valence-electron chi connectivity index (χ2n) is 4.06. The van der Waals surface area contributed by atoms with Crippen LogP contribution < -0.4 is 4.90 Å². The molecule has 0 N–H and O–H groups in total. The van der Waals surface area contributed by atoms with Gasteiger partial charge in [0, 0.05) is 18.1 Å². The van der Waals surface area contributed by atoms with Gasteiger partial charge in [0.25, 0.3) is 5.91 Å². The van der Waals surface area contributed by atoms with E-state index >= 15 is 0 Å². The molecule has 0 aliphatic heterocycles. The molecule has 0 aliphatic carbocycles. The number of rotatable bonds is 4. The molecule has 1 aromatic heterocycles. The molecular weight excluding hydrogens is 269 g/mol. The number of carbonyl (C=O) groups excluding carboxylic acids is 1. The summed E-state index contributed by atoms with van der Waals surface area (Å²) in [4.78, 5) is 16.4. The molecule has 0 radical (unpaired) electrons. The molecule has 2 aromatic rings. The van der Waals surface area contributed by atoms with Crippen LogP contribution in [0.25, 0.3) is 0 Å². The van der Waals surface area contributed by atoms with E-state index in [-0.39, 0.29) is 12.2 Å². The SMILES string of the molecule is O=C(C(F)F)N(Cc1cccnc1)c1ccc(F)cc1. The topological polar surface area (TPSA) is 33.2 Å². The van der Waals surface area contributed by atoms with E-state index < -0.39 is 18.1 Å². The first kappa shape index (κ1) is 14.0. The summed E-state index contributed by atoms with van der Waals surface area (Å²) in [6.45, 7) is -0.0529. The lowest BCUT2D eigenvalue weighted by atomic mass is 10.2. The lowest BCUT2D eigenvalue weighted by molar-refractivity contribution is -0.129. The highest BCUT2D eigenvalue weighted by Gasteiger charge is 2.24. The first-order valence-electron chi connectivity index (χ1n) is 5.82. The Labute approximate surface area is 113 Å². The summed E-state index contributed by atoms with van der Waals surface area (Å²) in [5, 5.41) is 0. The van der Waals surface area contributed by atoms with E-state index in [0.717, 1.165) is 17.0 Å². The van der Waals surface area contributed by atoms with Gasteiger partial charge in [-0.2, -0.15) is 8.78 Å². The maximum Gasteiger partial charge on any atom is 0.316 e. The van der Waals surface area contributed by atoms with Crippen LogP contribution in [0, 0.1) is 5.82 Å². The average Bonchev–Trinajstić information content (AvgIpc) is 2.46. The minimum Gasteiger partial charge on any atom is -0.303 e. The van der Waals surface area contributed by atoms with Gasteiger partial charge in [-0.25, -0.2) is 4.39 Å². The third kappa shape index (κ3) is 3.34. The van der Waals surface area contributed by atoms with Crippen LogP contribution in [-0.4, -0.2) is 17.3 Å². The zero-order valence-corrected chi connectivity index (χ0v) is 10.3. The predicted molar refractivity (Wildman–Crippen MR) is 67.8 cm³/mol. The molecule has 20 heavy (non-hydrogen) atoms. The summed E-state index contributed by atoms with van der Waals surface area (Å²) in [5.74, 6) is -1.83. The van der Waals surface area contributed by atoms with Crippen LogP contribution in [0.4, 0.5) is 18.9 Å². The third-order valence-corrected chi connectivity index (χ3v) is 2.65. The van der Waals surface area contributed by atoms with E-state index in [2.05, 4.69) is 4.98 Å². The number of aromatic nitrogens is 1. The minimum absolute atomic E-state index is 0.0529. The molecule has 104 valence electrons. The van der Waals surface area contributed by atoms with Gasteiger partial charge in [0.05, 0.1) is 6.54 Å². The summed E-state index contributed by atoms with van der Waals surface area (Å²) < 4.78 is 38.2. The van der Waals surface area contributed by atoms with Gasteiger partial charge >= 0.3 is 6.43 Å². The van der Waals surface area contributed by atoms with Gasteiger partial charge in [-0.1, -0.05) is 6.07 Å². The molecule has 0 saturated heterocycles. The zero-order chi connectivity index (χ0) is 14.5. The molecule has 0 fully saturated rings. The van der Waals surface area contributed by atoms with Crippen molar-refractivity contribution in [1.82, 2.24) is 4.98 Å². The molecule has 2 rings (SSSR count). The van der Waals surface area contributed by atoms with E-state index in [0.29, 0.717) is 5.56 Å². The molecule has 1 amide bonds. The Morgan fingerprint density at radius 3 is 2.45 bits per heavy atom. The Balaban J connectivity index is 2.30. The molecule has 0 bridgehead atoms. The van der Waals surface area contributed by atoms with Crippen molar-refractivity contribution in [3.05, 3.63) is 60.2 Å². The number of hydrogen-bond acceptors (Lipinski definition) is 2. The Morgan fingerprint density at radius 1 is 1.20 bits per heavy atom. The van der Waals surface area contributed by atoms with Gasteiger partial charge in [0.1, 0.15) is 5.82 Å². The molecule has 0 saturated carbocycles. The number of halogens is 3. The van der Waals surface area contributed by atoms with Crippen LogP contribution in [0.5, 0.6) is 0 Å². The van der Waals surface area contributed by atoms with Crippen molar-refractivity contribution in [2.24, 2.45) is 0 Å². The Kier molecular flexibility index (Phi) is 4.34. The maximum absolute atomic E-state index is 12.9. The molecule has 1 aromatic carbocycles. The number of anilines is 1. The van der Waals surface area contributed by atoms with Crippen molar-refractivity contribution in [2.75, 3.05) is 4.90 Å². The number of carbonyl (C=O) groups is 1. The number of alkyl halides is 2. The summed E-state index contributed by atoms with van der Waals surface area (Å²) >= 11 is 0. The normalized spacial score (nSPS) is 10.6. The highest BCUT2D eigenvalue weighted by atomic mass is 19.3. The second kappa shape index (κ2) is 6.18. The number of hydrogen-bond donors (Lipinski definition) is 0. The monoisotopic (exact) mass is 280 g/mol. The average molecular weight is 280 g/mol. The van der Waals surface area contributed by atoms with Crippen LogP contribution >= 0.6 is 0 Å². The summed E-state index contributed by atoms with van der Waals surface area (Å²) in [5.41, 5.74) is 0.811. The Morgan fingerprint density at radius 2 is 1.90 bits per heavy atom. The number of benzene rings is 1.